The van der Waals surface area contributed by atoms with Crippen LogP contribution in [0.15, 0.2) is 18.2 Å². The largest absolute Gasteiger partial charge is 0.479 e. The fourth-order valence-electron chi connectivity index (χ4n) is 4.12. The van der Waals surface area contributed by atoms with Gasteiger partial charge in [0, 0.05) is 31.2 Å². The van der Waals surface area contributed by atoms with E-state index >= 15 is 0 Å². The molecule has 7 heteroatoms. The molecule has 0 spiro atoms. The molecule has 1 fully saturated rings. The van der Waals surface area contributed by atoms with Crippen molar-refractivity contribution in [3.05, 3.63) is 23.8 Å². The molecule has 0 saturated carbocycles. The van der Waals surface area contributed by atoms with E-state index in [0.29, 0.717) is 36.4 Å². The molecule has 1 aromatic rings. The molecule has 0 aliphatic carbocycles. The number of carbonyl (C=O) groups is 3. The first-order chi connectivity index (χ1) is 14.0. The van der Waals surface area contributed by atoms with Crippen LogP contribution in [-0.2, 0) is 9.59 Å². The molecule has 2 amide bonds. The van der Waals surface area contributed by atoms with Crippen LogP contribution in [0.3, 0.4) is 0 Å². The zero-order valence-electron chi connectivity index (χ0n) is 17.2. The van der Waals surface area contributed by atoms with Crippen molar-refractivity contribution < 1.29 is 24.2 Å². The maximum absolute atomic E-state index is 13.1. The summed E-state index contributed by atoms with van der Waals surface area (Å²) in [6.45, 7) is 4.19. The molecule has 0 aromatic heterocycles. The average molecular weight is 402 g/mol. The van der Waals surface area contributed by atoms with Crippen LogP contribution >= 0.6 is 0 Å². The second-order valence-electron chi connectivity index (χ2n) is 7.79. The Kier molecular flexibility index (Phi) is 6.90. The van der Waals surface area contributed by atoms with E-state index in [1.165, 1.54) is 4.90 Å². The lowest BCUT2D eigenvalue weighted by Crippen LogP contribution is -2.52. The predicted octanol–water partition coefficient (Wildman–Crippen LogP) is 2.55. The lowest BCUT2D eigenvalue weighted by Gasteiger charge is -2.38. The Morgan fingerprint density at radius 2 is 2.07 bits per heavy atom. The van der Waals surface area contributed by atoms with Crippen LogP contribution in [0.4, 0.5) is 5.69 Å². The molecule has 2 unspecified atom stereocenters. The second-order valence-corrected chi connectivity index (χ2v) is 7.79. The van der Waals surface area contributed by atoms with E-state index in [4.69, 9.17) is 4.74 Å². The Morgan fingerprint density at radius 1 is 1.28 bits per heavy atom. The molecule has 2 heterocycles. The van der Waals surface area contributed by atoms with Crippen molar-refractivity contribution >= 4 is 23.3 Å². The zero-order valence-corrected chi connectivity index (χ0v) is 17.2. The molecule has 1 aromatic carbocycles. The number of amides is 2. The van der Waals surface area contributed by atoms with Crippen molar-refractivity contribution in [2.45, 2.75) is 64.5 Å². The molecule has 0 radical (unpaired) electrons. The van der Waals surface area contributed by atoms with E-state index < -0.39 is 6.10 Å². The minimum atomic E-state index is -0.693. The van der Waals surface area contributed by atoms with Crippen molar-refractivity contribution in [1.29, 1.82) is 0 Å². The molecule has 2 aliphatic rings. The van der Waals surface area contributed by atoms with Gasteiger partial charge in [-0.2, -0.15) is 0 Å². The molecular weight excluding hydrogens is 372 g/mol. The number of fused-ring (bicyclic) bond motifs is 1. The summed E-state index contributed by atoms with van der Waals surface area (Å²) in [5.41, 5.74) is 0.990. The average Bonchev–Trinajstić information content (AvgIpc) is 2.72. The lowest BCUT2D eigenvalue weighted by atomic mass is 9.99. The highest BCUT2D eigenvalue weighted by molar-refractivity contribution is 6.05. The van der Waals surface area contributed by atoms with E-state index in [-0.39, 0.29) is 36.8 Å². The number of carbonyl (C=O) groups excluding carboxylic acids is 3. The minimum Gasteiger partial charge on any atom is -0.479 e. The van der Waals surface area contributed by atoms with Crippen LogP contribution in [0.1, 0.15) is 62.7 Å². The van der Waals surface area contributed by atoms with Gasteiger partial charge < -0.3 is 14.7 Å². The maximum Gasteiger partial charge on any atom is 0.268 e. The van der Waals surface area contributed by atoms with Crippen molar-refractivity contribution in [1.82, 2.24) is 4.90 Å². The summed E-state index contributed by atoms with van der Waals surface area (Å²) in [6.07, 6.45) is 3.85. The smallest absolute Gasteiger partial charge is 0.268 e. The second kappa shape index (κ2) is 9.39. The fraction of sp³-hybridized carbons (Fsp3) is 0.591. The van der Waals surface area contributed by atoms with E-state index in [0.717, 1.165) is 25.7 Å². The highest BCUT2D eigenvalue weighted by Gasteiger charge is 2.35. The molecule has 29 heavy (non-hydrogen) atoms. The quantitative estimate of drug-likeness (QED) is 0.708. The van der Waals surface area contributed by atoms with Gasteiger partial charge in [-0.3, -0.25) is 19.3 Å². The molecule has 7 nitrogen and oxygen atoms in total. The lowest BCUT2D eigenvalue weighted by molar-refractivity contribution is -0.136. The van der Waals surface area contributed by atoms with E-state index in [9.17, 15) is 19.5 Å². The van der Waals surface area contributed by atoms with Gasteiger partial charge in [-0.25, -0.2) is 0 Å². The monoisotopic (exact) mass is 402 g/mol. The normalized spacial score (nSPS) is 21.6. The molecule has 3 rings (SSSR count). The third-order valence-electron chi connectivity index (χ3n) is 5.67. The fourth-order valence-corrected chi connectivity index (χ4v) is 4.12. The van der Waals surface area contributed by atoms with Crippen LogP contribution in [-0.4, -0.2) is 59.4 Å². The van der Waals surface area contributed by atoms with Gasteiger partial charge >= 0.3 is 0 Å². The summed E-state index contributed by atoms with van der Waals surface area (Å²) in [4.78, 5) is 41.5. The summed E-state index contributed by atoms with van der Waals surface area (Å²) >= 11 is 0. The Morgan fingerprint density at radius 3 is 2.79 bits per heavy atom. The Balaban J connectivity index is 1.86. The van der Waals surface area contributed by atoms with Crippen LogP contribution in [0.25, 0.3) is 0 Å². The number of piperidine rings is 1. The molecule has 2 aliphatic heterocycles. The predicted molar refractivity (Wildman–Crippen MR) is 109 cm³/mol. The molecule has 158 valence electrons. The van der Waals surface area contributed by atoms with Crippen molar-refractivity contribution in [2.24, 2.45) is 0 Å². The van der Waals surface area contributed by atoms with E-state index in [1.54, 1.807) is 30.0 Å². The van der Waals surface area contributed by atoms with E-state index in [1.807, 2.05) is 6.92 Å². The number of likely N-dealkylation sites (tertiary alicyclic amines) is 1. The molecular formula is C22H30N2O5. The number of rotatable bonds is 7. The number of Topliss-reactive ketones (excluding diaryl/α,β-unsaturated/α-hetero) is 1. The third kappa shape index (κ3) is 4.61. The van der Waals surface area contributed by atoms with Gasteiger partial charge in [0.2, 0.25) is 5.91 Å². The summed E-state index contributed by atoms with van der Waals surface area (Å²) in [7, 11) is 0. The first-order valence-electron chi connectivity index (χ1n) is 10.5. The van der Waals surface area contributed by atoms with Crippen molar-refractivity contribution in [3.63, 3.8) is 0 Å². The van der Waals surface area contributed by atoms with Crippen LogP contribution < -0.4 is 9.64 Å². The van der Waals surface area contributed by atoms with Crippen LogP contribution in [0.5, 0.6) is 5.75 Å². The van der Waals surface area contributed by atoms with Gasteiger partial charge in [-0.05, 0) is 57.2 Å². The first-order valence-corrected chi connectivity index (χ1v) is 10.5. The van der Waals surface area contributed by atoms with Gasteiger partial charge in [-0.15, -0.1) is 0 Å². The van der Waals surface area contributed by atoms with Gasteiger partial charge in [0.15, 0.2) is 11.9 Å². The zero-order chi connectivity index (χ0) is 21.0. The standard InChI is InChI=1S/C22H30N2O5/c1-3-6-19(26)16-8-9-20-18(13-16)24(22(28)15(2)29-20)14-21(27)23-11-5-4-7-17(23)10-12-25/h8-9,13,15,17,25H,3-7,10-12,14H2,1-2H3. The van der Waals surface area contributed by atoms with E-state index in [2.05, 4.69) is 0 Å². The van der Waals surface area contributed by atoms with Crippen molar-refractivity contribution in [3.8, 4) is 5.75 Å². The highest BCUT2D eigenvalue weighted by atomic mass is 16.5. The first kappa shape index (κ1) is 21.3. The summed E-state index contributed by atoms with van der Waals surface area (Å²) in [5, 5.41) is 9.32. The molecule has 1 N–H and O–H groups in total. The number of aliphatic hydroxyl groups excluding tert-OH is 1. The maximum atomic E-state index is 13.1. The number of hydrogen-bond acceptors (Lipinski definition) is 5. The number of hydrogen-bond donors (Lipinski definition) is 1. The number of nitrogens with zero attached hydrogens (tertiary/aromatic N) is 2. The van der Waals surface area contributed by atoms with Gasteiger partial charge in [0.1, 0.15) is 12.3 Å². The summed E-state index contributed by atoms with van der Waals surface area (Å²) in [6, 6.07) is 5.08. The Labute approximate surface area is 171 Å². The number of anilines is 1. The Bertz CT molecular complexity index is 776. The molecule has 1 saturated heterocycles. The number of benzene rings is 1. The summed E-state index contributed by atoms with van der Waals surface area (Å²) < 4.78 is 5.70. The van der Waals surface area contributed by atoms with Gasteiger partial charge in [0.05, 0.1) is 5.69 Å². The molecule has 0 bridgehead atoms. The highest BCUT2D eigenvalue weighted by Crippen LogP contribution is 2.35. The van der Waals surface area contributed by atoms with Gasteiger partial charge in [0.25, 0.3) is 5.91 Å². The number of ether oxygens (including phenoxy) is 1. The third-order valence-corrected chi connectivity index (χ3v) is 5.67. The number of ketones is 1. The summed E-state index contributed by atoms with van der Waals surface area (Å²) in [5.74, 6) is 0.0821. The van der Waals surface area contributed by atoms with Crippen LogP contribution in [0, 0.1) is 0 Å². The van der Waals surface area contributed by atoms with Crippen LogP contribution in [0.2, 0.25) is 0 Å². The SMILES string of the molecule is CCCC(=O)c1ccc2c(c1)N(CC(=O)N1CCCCC1CCO)C(=O)C(C)O2. The van der Waals surface area contributed by atoms with Gasteiger partial charge in [-0.1, -0.05) is 6.92 Å². The number of aliphatic hydroxyl groups is 1. The molecule has 2 atom stereocenters. The topological polar surface area (TPSA) is 87.2 Å². The van der Waals surface area contributed by atoms with Crippen molar-refractivity contribution in [2.75, 3.05) is 24.6 Å². The minimum absolute atomic E-state index is 0.00619. The Hall–Kier alpha value is -2.41.